The van der Waals surface area contributed by atoms with Gasteiger partial charge in [0.25, 0.3) is 0 Å². The summed E-state index contributed by atoms with van der Waals surface area (Å²) in [6.45, 7) is -0.113. The monoisotopic (exact) mass is 354 g/mol. The lowest BCUT2D eigenvalue weighted by atomic mass is 10.3. The van der Waals surface area contributed by atoms with Crippen LogP contribution in [0.1, 0.15) is 0 Å². The number of halogens is 2. The molecule has 0 spiro atoms. The second kappa shape index (κ2) is 7.26. The van der Waals surface area contributed by atoms with Crippen LogP contribution in [-0.2, 0) is 4.79 Å². The summed E-state index contributed by atoms with van der Waals surface area (Å²) in [5.41, 5.74) is 0.311. The van der Waals surface area contributed by atoms with E-state index in [4.69, 9.17) is 23.2 Å². The standard InChI is InChI=1S/C14H12Cl2N4O3/c1-19(14-12(20(22)23)3-2-6-17-14)8-13(21)18-9-4-5-10(15)11(16)7-9/h2-7H,8H2,1H3,(H,18,21). The SMILES string of the molecule is CN(CC(=O)Nc1ccc(Cl)c(Cl)c1)c1ncccc1[N+](=O)[O-]. The van der Waals surface area contributed by atoms with Gasteiger partial charge < -0.3 is 10.2 Å². The highest BCUT2D eigenvalue weighted by molar-refractivity contribution is 6.42. The molecule has 0 aliphatic heterocycles. The lowest BCUT2D eigenvalue weighted by Crippen LogP contribution is -2.31. The number of hydrogen-bond donors (Lipinski definition) is 1. The number of nitrogens with one attached hydrogen (secondary N) is 1. The molecule has 1 N–H and O–H groups in total. The quantitative estimate of drug-likeness (QED) is 0.656. The Bertz CT molecular complexity index is 755. The number of carbonyl (C=O) groups excluding carboxylic acids is 1. The van der Waals surface area contributed by atoms with Gasteiger partial charge in [0.15, 0.2) is 0 Å². The minimum atomic E-state index is -0.546. The normalized spacial score (nSPS) is 10.2. The maximum absolute atomic E-state index is 12.0. The molecule has 0 fully saturated rings. The highest BCUT2D eigenvalue weighted by Crippen LogP contribution is 2.26. The molecule has 2 rings (SSSR count). The molecule has 23 heavy (non-hydrogen) atoms. The maximum atomic E-state index is 12.0. The molecule has 0 bridgehead atoms. The number of aromatic nitrogens is 1. The molecular formula is C14H12Cl2N4O3. The van der Waals surface area contributed by atoms with E-state index in [2.05, 4.69) is 10.3 Å². The van der Waals surface area contributed by atoms with E-state index >= 15 is 0 Å². The molecule has 1 aromatic heterocycles. The fraction of sp³-hybridized carbons (Fsp3) is 0.143. The van der Waals surface area contributed by atoms with Crippen LogP contribution in [0, 0.1) is 10.1 Å². The summed E-state index contributed by atoms with van der Waals surface area (Å²) >= 11 is 11.7. The van der Waals surface area contributed by atoms with Crippen molar-refractivity contribution in [1.29, 1.82) is 0 Å². The van der Waals surface area contributed by atoms with E-state index in [-0.39, 0.29) is 24.0 Å². The number of carbonyl (C=O) groups is 1. The molecule has 7 nitrogen and oxygen atoms in total. The smallest absolute Gasteiger partial charge is 0.311 e. The van der Waals surface area contributed by atoms with Crippen LogP contribution in [-0.4, -0.2) is 29.4 Å². The van der Waals surface area contributed by atoms with Gasteiger partial charge in [-0.1, -0.05) is 23.2 Å². The lowest BCUT2D eigenvalue weighted by Gasteiger charge is -2.17. The number of hydrogen-bond acceptors (Lipinski definition) is 5. The van der Waals surface area contributed by atoms with Crippen LogP contribution in [0.25, 0.3) is 0 Å². The molecule has 1 amide bonds. The molecule has 2 aromatic rings. The summed E-state index contributed by atoms with van der Waals surface area (Å²) in [6.07, 6.45) is 1.43. The molecule has 0 saturated heterocycles. The maximum Gasteiger partial charge on any atom is 0.311 e. The number of rotatable bonds is 5. The van der Waals surface area contributed by atoms with E-state index in [9.17, 15) is 14.9 Å². The van der Waals surface area contributed by atoms with Crippen molar-refractivity contribution in [3.8, 4) is 0 Å². The second-order valence-electron chi connectivity index (χ2n) is 4.64. The average Bonchev–Trinajstić information content (AvgIpc) is 2.50. The fourth-order valence-corrected chi connectivity index (χ4v) is 2.19. The highest BCUT2D eigenvalue weighted by atomic mass is 35.5. The van der Waals surface area contributed by atoms with Crippen molar-refractivity contribution in [1.82, 2.24) is 4.98 Å². The van der Waals surface area contributed by atoms with Crippen LogP contribution in [0.15, 0.2) is 36.5 Å². The Labute approximate surface area is 142 Å². The number of pyridine rings is 1. The van der Waals surface area contributed by atoms with Crippen LogP contribution in [0.5, 0.6) is 0 Å². The molecule has 0 atom stereocenters. The Hall–Kier alpha value is -2.38. The molecule has 1 heterocycles. The third kappa shape index (κ3) is 4.30. The van der Waals surface area contributed by atoms with Crippen molar-refractivity contribution in [2.45, 2.75) is 0 Å². The first-order chi connectivity index (χ1) is 10.9. The van der Waals surface area contributed by atoms with Crippen LogP contribution in [0.3, 0.4) is 0 Å². The summed E-state index contributed by atoms with van der Waals surface area (Å²) in [5, 5.41) is 14.3. The van der Waals surface area contributed by atoms with Gasteiger partial charge >= 0.3 is 5.69 Å². The van der Waals surface area contributed by atoms with Gasteiger partial charge in [-0.2, -0.15) is 0 Å². The predicted molar refractivity (Wildman–Crippen MR) is 89.3 cm³/mol. The minimum absolute atomic E-state index is 0.113. The van der Waals surface area contributed by atoms with E-state index in [0.717, 1.165) is 0 Å². The van der Waals surface area contributed by atoms with Crippen molar-refractivity contribution in [3.63, 3.8) is 0 Å². The van der Waals surface area contributed by atoms with Crippen molar-refractivity contribution in [3.05, 3.63) is 56.7 Å². The first-order valence-electron chi connectivity index (χ1n) is 6.44. The van der Waals surface area contributed by atoms with Crippen LogP contribution in [0.2, 0.25) is 10.0 Å². The van der Waals surface area contributed by atoms with Gasteiger partial charge in [-0.3, -0.25) is 14.9 Å². The molecule has 0 aliphatic rings. The van der Waals surface area contributed by atoms with Gasteiger partial charge in [0.2, 0.25) is 11.7 Å². The zero-order valence-corrected chi connectivity index (χ0v) is 13.5. The van der Waals surface area contributed by atoms with Gasteiger partial charge in [0.05, 0.1) is 21.5 Å². The first kappa shape index (κ1) is 17.0. The van der Waals surface area contributed by atoms with Crippen molar-refractivity contribution in [2.24, 2.45) is 0 Å². The Kier molecular flexibility index (Phi) is 5.36. The summed E-state index contributed by atoms with van der Waals surface area (Å²) in [5.74, 6) is -0.257. The zero-order valence-electron chi connectivity index (χ0n) is 12.0. The minimum Gasteiger partial charge on any atom is -0.345 e. The first-order valence-corrected chi connectivity index (χ1v) is 7.19. The predicted octanol–water partition coefficient (Wildman–Crippen LogP) is 3.37. The number of nitrogens with zero attached hydrogens (tertiary/aromatic N) is 3. The van der Waals surface area contributed by atoms with E-state index < -0.39 is 4.92 Å². The van der Waals surface area contributed by atoms with Crippen LogP contribution in [0.4, 0.5) is 17.2 Å². The van der Waals surface area contributed by atoms with Gasteiger partial charge in [-0.25, -0.2) is 4.98 Å². The lowest BCUT2D eigenvalue weighted by molar-refractivity contribution is -0.384. The Balaban J connectivity index is 2.08. The number of amides is 1. The molecule has 1 aromatic carbocycles. The molecule has 0 radical (unpaired) electrons. The van der Waals surface area contributed by atoms with Crippen molar-refractivity contribution < 1.29 is 9.72 Å². The largest absolute Gasteiger partial charge is 0.345 e. The van der Waals surface area contributed by atoms with Gasteiger partial charge in [0.1, 0.15) is 0 Å². The van der Waals surface area contributed by atoms with Gasteiger partial charge in [0, 0.05) is 25.0 Å². The third-order valence-corrected chi connectivity index (χ3v) is 3.65. The third-order valence-electron chi connectivity index (χ3n) is 2.91. The van der Waals surface area contributed by atoms with Crippen LogP contribution < -0.4 is 10.2 Å². The zero-order chi connectivity index (χ0) is 17.0. The molecule has 9 heteroatoms. The average molecular weight is 355 g/mol. The Morgan fingerprint density at radius 3 is 2.74 bits per heavy atom. The Morgan fingerprint density at radius 1 is 1.35 bits per heavy atom. The number of anilines is 2. The van der Waals surface area contributed by atoms with Gasteiger partial charge in [-0.15, -0.1) is 0 Å². The summed E-state index contributed by atoms with van der Waals surface area (Å²) < 4.78 is 0. The Morgan fingerprint density at radius 2 is 2.09 bits per heavy atom. The van der Waals surface area contributed by atoms with Gasteiger partial charge in [-0.05, 0) is 24.3 Å². The summed E-state index contributed by atoms with van der Waals surface area (Å²) in [4.78, 5) is 27.8. The van der Waals surface area contributed by atoms with Crippen molar-refractivity contribution in [2.75, 3.05) is 23.8 Å². The molecule has 0 saturated carbocycles. The van der Waals surface area contributed by atoms with Crippen molar-refractivity contribution >= 4 is 46.3 Å². The second-order valence-corrected chi connectivity index (χ2v) is 5.45. The van der Waals surface area contributed by atoms with E-state index in [0.29, 0.717) is 15.7 Å². The highest BCUT2D eigenvalue weighted by Gasteiger charge is 2.19. The van der Waals surface area contributed by atoms with E-state index in [1.54, 1.807) is 19.2 Å². The number of likely N-dealkylation sites (N-methyl/N-ethyl adjacent to an activating group) is 1. The number of nitro groups is 1. The topological polar surface area (TPSA) is 88.4 Å². The molecule has 0 unspecified atom stereocenters. The molecule has 120 valence electrons. The van der Waals surface area contributed by atoms with Crippen LogP contribution >= 0.6 is 23.2 Å². The van der Waals surface area contributed by atoms with E-state index in [1.807, 2.05) is 0 Å². The van der Waals surface area contributed by atoms with E-state index in [1.165, 1.54) is 29.3 Å². The summed E-state index contributed by atoms with van der Waals surface area (Å²) in [6, 6.07) is 7.48. The number of benzene rings is 1. The summed E-state index contributed by atoms with van der Waals surface area (Å²) in [7, 11) is 1.55. The fourth-order valence-electron chi connectivity index (χ4n) is 1.89. The molecule has 0 aliphatic carbocycles. The molecular weight excluding hydrogens is 343 g/mol.